The maximum atomic E-state index is 13.1. The Morgan fingerprint density at radius 3 is 2.55 bits per heavy atom. The van der Waals surface area contributed by atoms with Gasteiger partial charge in [-0.15, -0.1) is 11.3 Å². The molecule has 8 nitrogen and oxygen atoms in total. The van der Waals surface area contributed by atoms with Gasteiger partial charge in [0.25, 0.3) is 5.91 Å². The fraction of sp³-hybridized carbons (Fsp3) is 0.385. The molecule has 3 atom stereocenters. The fourth-order valence-electron chi connectivity index (χ4n) is 4.42. The molecule has 2 aromatic carbocycles. The Kier molecular flexibility index (Phi) is 9.01. The van der Waals surface area contributed by atoms with E-state index in [-0.39, 0.29) is 47.3 Å². The number of fused-ring (bicyclic) bond motifs is 1. The van der Waals surface area contributed by atoms with Crippen LogP contribution >= 0.6 is 34.5 Å². The van der Waals surface area contributed by atoms with Gasteiger partial charge in [-0.05, 0) is 48.1 Å². The molecule has 1 aliphatic rings. The lowest BCUT2D eigenvalue weighted by molar-refractivity contribution is -0.123. The van der Waals surface area contributed by atoms with Crippen LogP contribution in [0.4, 0.5) is 0 Å². The van der Waals surface area contributed by atoms with Crippen LogP contribution in [0.2, 0.25) is 10.0 Å². The maximum absolute atomic E-state index is 13.1. The number of thiophene rings is 1. The molecule has 12 heteroatoms. The number of aliphatic hydroxyl groups is 1. The third kappa shape index (κ3) is 6.50. The highest BCUT2D eigenvalue weighted by Crippen LogP contribution is 2.31. The first-order chi connectivity index (χ1) is 18.0. The van der Waals surface area contributed by atoms with Crippen LogP contribution in [0, 0.1) is 11.8 Å². The Morgan fingerprint density at radius 2 is 1.87 bits per heavy atom. The number of sulfonamides is 1. The van der Waals surface area contributed by atoms with Crippen molar-refractivity contribution in [3.63, 3.8) is 0 Å². The molecule has 4 rings (SSSR count). The molecule has 0 bridgehead atoms. The van der Waals surface area contributed by atoms with Crippen molar-refractivity contribution < 1.29 is 23.1 Å². The van der Waals surface area contributed by atoms with E-state index in [1.54, 1.807) is 6.07 Å². The number of benzene rings is 2. The van der Waals surface area contributed by atoms with Gasteiger partial charge in [-0.3, -0.25) is 9.59 Å². The molecule has 0 aliphatic carbocycles. The van der Waals surface area contributed by atoms with Gasteiger partial charge in [0.2, 0.25) is 15.9 Å². The van der Waals surface area contributed by atoms with E-state index in [0.717, 1.165) is 14.4 Å². The molecule has 0 saturated carbocycles. The van der Waals surface area contributed by atoms with Crippen molar-refractivity contribution in [1.29, 1.82) is 0 Å². The molecule has 38 heavy (non-hydrogen) atoms. The third-order valence-electron chi connectivity index (χ3n) is 6.40. The lowest BCUT2D eigenvalue weighted by atomic mass is 10.0. The number of amides is 2. The summed E-state index contributed by atoms with van der Waals surface area (Å²) in [7, 11) is -3.97. The molecule has 0 unspecified atom stereocenters. The molecule has 0 spiro atoms. The smallest absolute Gasteiger partial charge is 0.262 e. The second-order valence-corrected chi connectivity index (χ2v) is 13.6. The van der Waals surface area contributed by atoms with E-state index in [4.69, 9.17) is 23.2 Å². The van der Waals surface area contributed by atoms with Crippen molar-refractivity contribution >= 4 is 66.5 Å². The van der Waals surface area contributed by atoms with Crippen LogP contribution in [0.15, 0.2) is 53.4 Å². The number of β-amino-alcohol motifs (C(OH)–C–C–N with tert-alkyl or cyclic N) is 1. The molecule has 2 heterocycles. The molecular formula is C26H29Cl2N3O5S2. The Balaban J connectivity index is 1.40. The lowest BCUT2D eigenvalue weighted by Crippen LogP contribution is -2.49. The van der Waals surface area contributed by atoms with E-state index >= 15 is 0 Å². The third-order valence-corrected chi connectivity index (χ3v) is 10.1. The summed E-state index contributed by atoms with van der Waals surface area (Å²) in [6.45, 7) is 3.84. The van der Waals surface area contributed by atoms with Crippen LogP contribution in [-0.4, -0.2) is 61.4 Å². The molecule has 1 aliphatic heterocycles. The number of nitrogens with one attached hydrogen (secondary N) is 2. The van der Waals surface area contributed by atoms with Crippen LogP contribution in [0.25, 0.3) is 10.1 Å². The quantitative estimate of drug-likeness (QED) is 0.343. The number of hydrogen-bond donors (Lipinski definition) is 3. The van der Waals surface area contributed by atoms with Crippen LogP contribution in [0.3, 0.4) is 0 Å². The number of hydrogen-bond acceptors (Lipinski definition) is 6. The molecule has 2 amide bonds. The Bertz CT molecular complexity index is 1410. The minimum absolute atomic E-state index is 0.00496. The second-order valence-electron chi connectivity index (χ2n) is 9.77. The molecular weight excluding hydrogens is 569 g/mol. The summed E-state index contributed by atoms with van der Waals surface area (Å²) in [6, 6.07) is 12.8. The van der Waals surface area contributed by atoms with Crippen molar-refractivity contribution in [2.75, 3.05) is 19.6 Å². The van der Waals surface area contributed by atoms with Crippen molar-refractivity contribution in [2.24, 2.45) is 11.8 Å². The number of nitrogens with zero attached hydrogens (tertiary/aromatic N) is 1. The molecule has 204 valence electrons. The molecule has 1 fully saturated rings. The topological polar surface area (TPSA) is 116 Å². The summed E-state index contributed by atoms with van der Waals surface area (Å²) >= 11 is 13.4. The number of aliphatic hydroxyl groups excluding tert-OH is 1. The Hall–Kier alpha value is -2.21. The highest BCUT2D eigenvalue weighted by molar-refractivity contribution is 7.89. The molecule has 1 saturated heterocycles. The molecule has 0 radical (unpaired) electrons. The van der Waals surface area contributed by atoms with Gasteiger partial charge in [0.05, 0.1) is 16.0 Å². The largest absolute Gasteiger partial charge is 0.391 e. The van der Waals surface area contributed by atoms with Crippen LogP contribution < -0.4 is 10.6 Å². The Labute approximate surface area is 236 Å². The van der Waals surface area contributed by atoms with Crippen molar-refractivity contribution in [3.05, 3.63) is 63.5 Å². The molecule has 3 N–H and O–H groups in total. The van der Waals surface area contributed by atoms with E-state index in [2.05, 4.69) is 10.6 Å². The minimum atomic E-state index is -3.97. The number of carbonyl (C=O) groups is 2. The summed E-state index contributed by atoms with van der Waals surface area (Å²) in [5.41, 5.74) is 0. The zero-order valence-electron chi connectivity index (χ0n) is 20.9. The van der Waals surface area contributed by atoms with E-state index < -0.39 is 28.1 Å². The van der Waals surface area contributed by atoms with Gasteiger partial charge in [0.1, 0.15) is 10.9 Å². The summed E-state index contributed by atoms with van der Waals surface area (Å²) in [6.07, 6.45) is -0.557. The monoisotopic (exact) mass is 597 g/mol. The van der Waals surface area contributed by atoms with Gasteiger partial charge < -0.3 is 15.7 Å². The van der Waals surface area contributed by atoms with Crippen molar-refractivity contribution in [2.45, 2.75) is 37.3 Å². The second kappa shape index (κ2) is 11.9. The summed E-state index contributed by atoms with van der Waals surface area (Å²) in [5, 5.41) is 17.5. The first-order valence-corrected chi connectivity index (χ1v) is 15.2. The summed E-state index contributed by atoms with van der Waals surface area (Å²) < 4.78 is 28.3. The predicted molar refractivity (Wildman–Crippen MR) is 150 cm³/mol. The van der Waals surface area contributed by atoms with Gasteiger partial charge in [-0.2, -0.15) is 4.31 Å². The highest BCUT2D eigenvalue weighted by atomic mass is 35.5. The average Bonchev–Trinajstić information content (AvgIpc) is 3.45. The number of rotatable bonds is 9. The van der Waals surface area contributed by atoms with Gasteiger partial charge in [-0.1, -0.05) is 55.2 Å². The lowest BCUT2D eigenvalue weighted by Gasteiger charge is -2.22. The summed E-state index contributed by atoms with van der Waals surface area (Å²) in [4.78, 5) is 26.5. The minimum Gasteiger partial charge on any atom is -0.391 e. The average molecular weight is 599 g/mol. The number of carbonyl (C=O) groups excluding carboxylic acids is 2. The van der Waals surface area contributed by atoms with E-state index in [1.165, 1.54) is 29.5 Å². The van der Waals surface area contributed by atoms with Gasteiger partial charge in [0, 0.05) is 35.3 Å². The normalized spacial score (nSPS) is 19.1. The fourth-order valence-corrected chi connectivity index (χ4v) is 7.64. The standard InChI is InChI=1S/C26H29Cl2N3O5S2/c1-15(2)9-20(30-26(34)23-10-16-5-3-4-6-22(16)37-23)25(33)29-12-17-13-31(14-21(17)32)38(35,36)24-8-7-18(27)11-19(24)28/h3-8,10-11,15,17,20-21,32H,9,12-14H2,1-2H3,(H,29,33)(H,30,34)/t17-,20-,21+/m0/s1. The van der Waals surface area contributed by atoms with Crippen LogP contribution in [0.1, 0.15) is 29.9 Å². The summed E-state index contributed by atoms with van der Waals surface area (Å²) in [5.74, 6) is -1.11. The van der Waals surface area contributed by atoms with E-state index in [0.29, 0.717) is 16.3 Å². The Morgan fingerprint density at radius 1 is 1.13 bits per heavy atom. The first-order valence-electron chi connectivity index (χ1n) is 12.2. The highest BCUT2D eigenvalue weighted by Gasteiger charge is 2.39. The van der Waals surface area contributed by atoms with Gasteiger partial charge >= 0.3 is 0 Å². The zero-order chi connectivity index (χ0) is 27.6. The van der Waals surface area contributed by atoms with E-state index in [1.807, 2.05) is 38.1 Å². The van der Waals surface area contributed by atoms with Crippen molar-refractivity contribution in [3.8, 4) is 0 Å². The predicted octanol–water partition coefficient (Wildman–Crippen LogP) is 4.15. The van der Waals surface area contributed by atoms with Gasteiger partial charge in [-0.25, -0.2) is 8.42 Å². The molecule has 1 aromatic heterocycles. The van der Waals surface area contributed by atoms with E-state index in [9.17, 15) is 23.1 Å². The van der Waals surface area contributed by atoms with Crippen molar-refractivity contribution in [1.82, 2.24) is 14.9 Å². The van der Waals surface area contributed by atoms with Crippen LogP contribution in [0.5, 0.6) is 0 Å². The van der Waals surface area contributed by atoms with Crippen LogP contribution in [-0.2, 0) is 14.8 Å². The first kappa shape index (κ1) is 28.8. The number of halogens is 2. The SMILES string of the molecule is CC(C)C[C@H](NC(=O)c1cc2ccccc2s1)C(=O)NC[C@H]1CN(S(=O)(=O)c2ccc(Cl)cc2Cl)C[C@H]1O. The maximum Gasteiger partial charge on any atom is 0.262 e. The van der Waals surface area contributed by atoms with Gasteiger partial charge in [0.15, 0.2) is 0 Å². The zero-order valence-corrected chi connectivity index (χ0v) is 24.0. The molecule has 3 aromatic rings.